The van der Waals surface area contributed by atoms with Crippen LogP contribution in [-0.2, 0) is 20.8 Å². The monoisotopic (exact) mass is 251 g/mol. The van der Waals surface area contributed by atoms with Gasteiger partial charge in [0, 0.05) is 19.0 Å². The van der Waals surface area contributed by atoms with E-state index >= 15 is 0 Å². The summed E-state index contributed by atoms with van der Waals surface area (Å²) in [7, 11) is 1.35. The number of hydrogen-bond donors (Lipinski definition) is 0. The highest BCUT2D eigenvalue weighted by molar-refractivity contribution is 5.89. The van der Waals surface area contributed by atoms with Crippen LogP contribution in [0.2, 0.25) is 0 Å². The van der Waals surface area contributed by atoms with Crippen molar-refractivity contribution in [2.45, 2.75) is 32.2 Å². The highest BCUT2D eigenvalue weighted by atomic mass is 16.7. The summed E-state index contributed by atoms with van der Waals surface area (Å²) >= 11 is 0. The third-order valence-corrected chi connectivity index (χ3v) is 2.79. The molecule has 2 heterocycles. The van der Waals surface area contributed by atoms with Gasteiger partial charge in [0.1, 0.15) is 0 Å². The van der Waals surface area contributed by atoms with Gasteiger partial charge in [0.15, 0.2) is 6.29 Å². The zero-order chi connectivity index (χ0) is 12.8. The molecule has 1 aromatic rings. The lowest BCUT2D eigenvalue weighted by atomic mass is 10.2. The molecule has 0 bridgehead atoms. The van der Waals surface area contributed by atoms with Crippen molar-refractivity contribution in [1.29, 1.82) is 0 Å². The Hall–Kier alpha value is -1.46. The molecular weight excluding hydrogens is 234 g/mol. The van der Waals surface area contributed by atoms with Crippen molar-refractivity contribution >= 4 is 5.97 Å². The second kappa shape index (κ2) is 6.47. The molecule has 2 rings (SSSR count). The molecule has 5 nitrogen and oxygen atoms in total. The van der Waals surface area contributed by atoms with Crippen LogP contribution in [0.25, 0.3) is 0 Å². The fraction of sp³-hybridized carbons (Fsp3) is 0.538. The largest absolute Gasteiger partial charge is 0.465 e. The number of ether oxygens (including phenoxy) is 3. The van der Waals surface area contributed by atoms with Gasteiger partial charge >= 0.3 is 5.97 Å². The van der Waals surface area contributed by atoms with E-state index in [9.17, 15) is 4.79 Å². The molecule has 1 atom stereocenters. The average Bonchev–Trinajstić information content (AvgIpc) is 2.45. The molecule has 1 saturated heterocycles. The van der Waals surface area contributed by atoms with Gasteiger partial charge in [-0.3, -0.25) is 4.98 Å². The van der Waals surface area contributed by atoms with E-state index in [0.717, 1.165) is 31.4 Å². The number of carbonyl (C=O) groups excluding carboxylic acids is 1. The lowest BCUT2D eigenvalue weighted by Crippen LogP contribution is -2.22. The SMILES string of the molecule is COC(=O)c1cncc(COC2CCCCO2)c1. The van der Waals surface area contributed by atoms with Crippen LogP contribution in [0.4, 0.5) is 0 Å². The fourth-order valence-corrected chi connectivity index (χ4v) is 1.83. The van der Waals surface area contributed by atoms with Crippen molar-refractivity contribution in [2.24, 2.45) is 0 Å². The summed E-state index contributed by atoms with van der Waals surface area (Å²) in [6.07, 6.45) is 6.16. The van der Waals surface area contributed by atoms with E-state index in [1.54, 1.807) is 12.3 Å². The average molecular weight is 251 g/mol. The minimum absolute atomic E-state index is 0.138. The summed E-state index contributed by atoms with van der Waals surface area (Å²) in [5.41, 5.74) is 1.27. The van der Waals surface area contributed by atoms with Crippen molar-refractivity contribution < 1.29 is 19.0 Å². The number of methoxy groups -OCH3 is 1. The second-order valence-electron chi connectivity index (χ2n) is 4.18. The number of hydrogen-bond acceptors (Lipinski definition) is 5. The molecule has 0 amide bonds. The number of aromatic nitrogens is 1. The van der Waals surface area contributed by atoms with Gasteiger partial charge in [0.25, 0.3) is 0 Å². The third-order valence-electron chi connectivity index (χ3n) is 2.79. The first-order valence-corrected chi connectivity index (χ1v) is 6.05. The van der Waals surface area contributed by atoms with Gasteiger partial charge in [-0.15, -0.1) is 0 Å². The predicted molar refractivity (Wildman–Crippen MR) is 64.0 cm³/mol. The first kappa shape index (κ1) is 13.0. The number of carbonyl (C=O) groups is 1. The number of pyridine rings is 1. The first-order valence-electron chi connectivity index (χ1n) is 6.05. The van der Waals surface area contributed by atoms with Crippen molar-refractivity contribution in [1.82, 2.24) is 4.98 Å². The summed E-state index contributed by atoms with van der Waals surface area (Å²) in [5, 5.41) is 0. The highest BCUT2D eigenvalue weighted by Gasteiger charge is 2.14. The second-order valence-corrected chi connectivity index (χ2v) is 4.18. The van der Waals surface area contributed by atoms with Gasteiger partial charge in [-0.05, 0) is 30.9 Å². The van der Waals surface area contributed by atoms with E-state index < -0.39 is 5.97 Å². The van der Waals surface area contributed by atoms with Gasteiger partial charge < -0.3 is 14.2 Å². The van der Waals surface area contributed by atoms with Crippen LogP contribution in [0.3, 0.4) is 0 Å². The normalized spacial score (nSPS) is 19.5. The van der Waals surface area contributed by atoms with Crippen LogP contribution in [-0.4, -0.2) is 31.0 Å². The van der Waals surface area contributed by atoms with Crippen LogP contribution < -0.4 is 0 Å². The Morgan fingerprint density at radius 2 is 2.39 bits per heavy atom. The molecule has 0 spiro atoms. The molecule has 0 N–H and O–H groups in total. The van der Waals surface area contributed by atoms with Crippen LogP contribution in [0.15, 0.2) is 18.5 Å². The first-order chi connectivity index (χ1) is 8.79. The Balaban J connectivity index is 1.90. The lowest BCUT2D eigenvalue weighted by molar-refractivity contribution is -0.168. The maximum Gasteiger partial charge on any atom is 0.339 e. The van der Waals surface area contributed by atoms with E-state index in [1.807, 2.05) is 0 Å². The maximum absolute atomic E-state index is 11.3. The van der Waals surface area contributed by atoms with E-state index in [0.29, 0.717) is 12.2 Å². The molecule has 1 aromatic heterocycles. The summed E-state index contributed by atoms with van der Waals surface area (Å²) in [5.74, 6) is -0.390. The Morgan fingerprint density at radius 1 is 1.50 bits per heavy atom. The zero-order valence-corrected chi connectivity index (χ0v) is 10.4. The van der Waals surface area contributed by atoms with Gasteiger partial charge in [-0.1, -0.05) is 0 Å². The summed E-state index contributed by atoms with van der Waals surface area (Å²) < 4.78 is 15.7. The molecule has 1 unspecified atom stereocenters. The third kappa shape index (κ3) is 3.51. The quantitative estimate of drug-likeness (QED) is 0.765. The maximum atomic E-state index is 11.3. The number of esters is 1. The Kier molecular flexibility index (Phi) is 4.66. The van der Waals surface area contributed by atoms with Gasteiger partial charge in [-0.25, -0.2) is 4.79 Å². The predicted octanol–water partition coefficient (Wildman–Crippen LogP) is 1.91. The fourth-order valence-electron chi connectivity index (χ4n) is 1.83. The van der Waals surface area contributed by atoms with Crippen LogP contribution >= 0.6 is 0 Å². The lowest BCUT2D eigenvalue weighted by Gasteiger charge is -2.22. The van der Waals surface area contributed by atoms with Crippen LogP contribution in [0, 0.1) is 0 Å². The van der Waals surface area contributed by atoms with Crippen molar-refractivity contribution in [2.75, 3.05) is 13.7 Å². The van der Waals surface area contributed by atoms with Crippen molar-refractivity contribution in [3.05, 3.63) is 29.6 Å². The summed E-state index contributed by atoms with van der Waals surface area (Å²) in [6, 6.07) is 1.72. The summed E-state index contributed by atoms with van der Waals surface area (Å²) in [4.78, 5) is 15.3. The standard InChI is InChI=1S/C13H17NO4/c1-16-13(15)11-6-10(7-14-8-11)9-18-12-4-2-3-5-17-12/h6-8,12H,2-5,9H2,1H3. The molecule has 1 fully saturated rings. The van der Waals surface area contributed by atoms with E-state index in [1.165, 1.54) is 13.3 Å². The summed E-state index contributed by atoms with van der Waals surface area (Å²) in [6.45, 7) is 1.15. The van der Waals surface area contributed by atoms with Crippen LogP contribution in [0.1, 0.15) is 35.2 Å². The molecule has 0 saturated carbocycles. The number of rotatable bonds is 4. The van der Waals surface area contributed by atoms with Crippen molar-refractivity contribution in [3.63, 3.8) is 0 Å². The van der Waals surface area contributed by atoms with Gasteiger partial charge in [0.05, 0.1) is 19.3 Å². The minimum atomic E-state index is -0.390. The molecule has 1 aliphatic heterocycles. The topological polar surface area (TPSA) is 57.7 Å². The smallest absolute Gasteiger partial charge is 0.339 e. The molecule has 0 radical (unpaired) electrons. The van der Waals surface area contributed by atoms with Gasteiger partial charge in [-0.2, -0.15) is 0 Å². The van der Waals surface area contributed by atoms with E-state index in [-0.39, 0.29) is 6.29 Å². The van der Waals surface area contributed by atoms with E-state index in [2.05, 4.69) is 9.72 Å². The molecule has 1 aliphatic rings. The molecule has 0 aromatic carbocycles. The van der Waals surface area contributed by atoms with Crippen LogP contribution in [0.5, 0.6) is 0 Å². The Bertz CT molecular complexity index is 402. The molecule has 5 heteroatoms. The van der Waals surface area contributed by atoms with E-state index in [4.69, 9.17) is 9.47 Å². The minimum Gasteiger partial charge on any atom is -0.465 e. The zero-order valence-electron chi connectivity index (χ0n) is 10.4. The molecule has 0 aliphatic carbocycles. The molecular formula is C13H17NO4. The number of nitrogens with zero attached hydrogens (tertiary/aromatic N) is 1. The highest BCUT2D eigenvalue weighted by Crippen LogP contribution is 2.15. The Labute approximate surface area is 106 Å². The molecule has 18 heavy (non-hydrogen) atoms. The van der Waals surface area contributed by atoms with Crippen molar-refractivity contribution in [3.8, 4) is 0 Å². The molecule has 98 valence electrons. The van der Waals surface area contributed by atoms with Gasteiger partial charge in [0.2, 0.25) is 0 Å². The Morgan fingerprint density at radius 3 is 3.11 bits per heavy atom.